The molecular weight excluding hydrogens is 356 g/mol. The number of carbonyl (C=O) groups excluding carboxylic acids is 1. The maximum Gasteiger partial charge on any atom is 0.414 e. The molecule has 1 aromatic carbocycles. The Morgan fingerprint density at radius 3 is 2.75 bits per heavy atom. The van der Waals surface area contributed by atoms with Crippen LogP contribution < -0.4 is 4.90 Å². The van der Waals surface area contributed by atoms with Gasteiger partial charge in [0.2, 0.25) is 0 Å². The largest absolute Gasteiger partial charge is 0.481 e. The molecular formula is C22H26N2O4. The summed E-state index contributed by atoms with van der Waals surface area (Å²) in [5.41, 5.74) is 1.06. The van der Waals surface area contributed by atoms with Crippen LogP contribution in [0.1, 0.15) is 44.1 Å². The number of rotatable bonds is 1. The van der Waals surface area contributed by atoms with Crippen molar-refractivity contribution in [3.63, 3.8) is 0 Å². The van der Waals surface area contributed by atoms with Crippen LogP contribution in [0.4, 0.5) is 10.5 Å². The quantitative estimate of drug-likeness (QED) is 0.809. The van der Waals surface area contributed by atoms with Gasteiger partial charge in [-0.1, -0.05) is 18.2 Å². The Morgan fingerprint density at radius 2 is 1.96 bits per heavy atom. The molecule has 3 heterocycles. The first-order chi connectivity index (χ1) is 13.5. The zero-order valence-electron chi connectivity index (χ0n) is 16.2. The first-order valence-corrected chi connectivity index (χ1v) is 10.5. The molecule has 1 N–H and O–H groups in total. The second-order valence-corrected chi connectivity index (χ2v) is 9.47. The summed E-state index contributed by atoms with van der Waals surface area (Å²) in [4.78, 5) is 30.1. The van der Waals surface area contributed by atoms with Crippen molar-refractivity contribution in [2.75, 3.05) is 25.1 Å². The number of amides is 1. The van der Waals surface area contributed by atoms with Crippen LogP contribution >= 0.6 is 0 Å². The zero-order chi connectivity index (χ0) is 19.3. The number of anilines is 1. The topological polar surface area (TPSA) is 70.1 Å². The molecule has 0 unspecified atom stereocenters. The van der Waals surface area contributed by atoms with Crippen molar-refractivity contribution in [3.05, 3.63) is 29.8 Å². The highest BCUT2D eigenvalue weighted by molar-refractivity contribution is 5.96. The van der Waals surface area contributed by atoms with Gasteiger partial charge in [-0.2, -0.15) is 0 Å². The van der Waals surface area contributed by atoms with Gasteiger partial charge in [0.25, 0.3) is 0 Å². The lowest BCUT2D eigenvalue weighted by atomic mass is 9.38. The summed E-state index contributed by atoms with van der Waals surface area (Å²) >= 11 is 0. The molecule has 6 nitrogen and oxygen atoms in total. The lowest BCUT2D eigenvalue weighted by Gasteiger charge is -2.69. The van der Waals surface area contributed by atoms with E-state index in [1.807, 2.05) is 18.2 Å². The van der Waals surface area contributed by atoms with E-state index in [0.717, 1.165) is 50.9 Å². The van der Waals surface area contributed by atoms with Crippen molar-refractivity contribution >= 4 is 17.7 Å². The SMILES string of the molecule is COC(=O)N1c2ccccc2[C@]23CCN4CCC[C@]5(CC[C@@]12[C@@H](C(=O)O)C5)[C@H]43. The molecule has 5 fully saturated rings. The van der Waals surface area contributed by atoms with E-state index in [-0.39, 0.29) is 10.8 Å². The van der Waals surface area contributed by atoms with E-state index in [1.165, 1.54) is 12.7 Å². The summed E-state index contributed by atoms with van der Waals surface area (Å²) in [6.07, 6.45) is 5.18. The highest BCUT2D eigenvalue weighted by Crippen LogP contribution is 2.75. The van der Waals surface area contributed by atoms with Crippen LogP contribution in [-0.4, -0.2) is 53.8 Å². The fourth-order valence-electron chi connectivity index (χ4n) is 8.46. The van der Waals surface area contributed by atoms with E-state index >= 15 is 0 Å². The molecule has 2 bridgehead atoms. The third-order valence-electron chi connectivity index (χ3n) is 8.97. The summed E-state index contributed by atoms with van der Waals surface area (Å²) < 4.78 is 5.23. The Labute approximate surface area is 164 Å². The number of carbonyl (C=O) groups is 2. The minimum absolute atomic E-state index is 0.0544. The number of ether oxygens (including phenoxy) is 1. The Morgan fingerprint density at radius 1 is 1.14 bits per heavy atom. The lowest BCUT2D eigenvalue weighted by molar-refractivity contribution is -0.171. The molecule has 0 radical (unpaired) electrons. The van der Waals surface area contributed by atoms with Gasteiger partial charge in [-0.25, -0.2) is 4.79 Å². The standard InChI is InChI=1S/C22H26N2O4/c1-28-19(27)24-16-6-3-2-5-14(16)21-10-12-23-11-4-7-20(18(21)23)8-9-22(21,24)15(13-20)17(25)26/h2-3,5-6,15,18H,4,7-13H2,1H3,(H,25,26)/t15-,18+,20-,21+,22+/m1/s1. The van der Waals surface area contributed by atoms with E-state index in [1.54, 1.807) is 4.90 Å². The molecule has 148 valence electrons. The Hall–Kier alpha value is -2.08. The Bertz CT molecular complexity index is 902. The lowest BCUT2D eigenvalue weighted by Crippen LogP contribution is -2.79. The zero-order valence-corrected chi connectivity index (χ0v) is 16.2. The summed E-state index contributed by atoms with van der Waals surface area (Å²) in [6, 6.07) is 8.45. The fraction of sp³-hybridized carbons (Fsp3) is 0.636. The molecule has 6 aliphatic rings. The fourth-order valence-corrected chi connectivity index (χ4v) is 8.46. The number of hydrogen-bond donors (Lipinski definition) is 1. The summed E-state index contributed by atoms with van der Waals surface area (Å²) in [7, 11) is 1.40. The van der Waals surface area contributed by atoms with Crippen molar-refractivity contribution < 1.29 is 19.4 Å². The number of carboxylic acid groups (broad SMARTS) is 1. The van der Waals surface area contributed by atoms with Crippen molar-refractivity contribution in [1.82, 2.24) is 4.90 Å². The minimum Gasteiger partial charge on any atom is -0.481 e. The third kappa shape index (κ3) is 1.52. The summed E-state index contributed by atoms with van der Waals surface area (Å²) in [5, 5.41) is 10.4. The molecule has 1 aromatic rings. The van der Waals surface area contributed by atoms with Crippen molar-refractivity contribution in [3.8, 4) is 0 Å². The van der Waals surface area contributed by atoms with Crippen molar-refractivity contribution in [1.29, 1.82) is 0 Å². The van der Waals surface area contributed by atoms with Crippen LogP contribution in [0.15, 0.2) is 24.3 Å². The molecule has 1 amide bonds. The van der Waals surface area contributed by atoms with E-state index in [9.17, 15) is 14.7 Å². The third-order valence-corrected chi connectivity index (χ3v) is 8.97. The van der Waals surface area contributed by atoms with Gasteiger partial charge in [0.15, 0.2) is 0 Å². The average Bonchev–Trinajstić information content (AvgIpc) is 3.23. The number of hydrogen-bond acceptors (Lipinski definition) is 4. The Kier molecular flexibility index (Phi) is 3.06. The minimum atomic E-state index is -0.761. The highest BCUT2D eigenvalue weighted by Gasteiger charge is 2.81. The number of benzene rings is 1. The highest BCUT2D eigenvalue weighted by atomic mass is 16.5. The average molecular weight is 382 g/mol. The van der Waals surface area contributed by atoms with Gasteiger partial charge in [-0.05, 0) is 68.7 Å². The molecule has 3 saturated carbocycles. The maximum absolute atomic E-state index is 13.1. The number of fused-ring (bicyclic) bond motifs is 3. The van der Waals surface area contributed by atoms with Crippen LogP contribution in [0, 0.1) is 11.3 Å². The van der Waals surface area contributed by atoms with Gasteiger partial charge in [-0.15, -0.1) is 0 Å². The molecule has 3 aliphatic carbocycles. The van der Waals surface area contributed by atoms with Gasteiger partial charge in [-0.3, -0.25) is 14.6 Å². The van der Waals surface area contributed by atoms with Crippen molar-refractivity contribution in [2.45, 2.75) is 55.5 Å². The number of piperidine rings is 1. The smallest absolute Gasteiger partial charge is 0.414 e. The van der Waals surface area contributed by atoms with Crippen LogP contribution in [-0.2, 0) is 14.9 Å². The van der Waals surface area contributed by atoms with Gasteiger partial charge in [0.1, 0.15) is 0 Å². The molecule has 5 atom stereocenters. The number of para-hydroxylation sites is 1. The summed E-state index contributed by atoms with van der Waals surface area (Å²) in [5.74, 6) is -1.32. The first-order valence-electron chi connectivity index (χ1n) is 10.5. The predicted molar refractivity (Wildman–Crippen MR) is 102 cm³/mol. The predicted octanol–water partition coefficient (Wildman–Crippen LogP) is 3.00. The van der Waals surface area contributed by atoms with Crippen molar-refractivity contribution in [2.24, 2.45) is 11.3 Å². The van der Waals surface area contributed by atoms with Gasteiger partial charge >= 0.3 is 12.1 Å². The molecule has 2 saturated heterocycles. The van der Waals surface area contributed by atoms with Crippen LogP contribution in [0.25, 0.3) is 0 Å². The van der Waals surface area contributed by atoms with Gasteiger partial charge in [0, 0.05) is 11.5 Å². The normalized spacial score (nSPS) is 42.7. The molecule has 3 aliphatic heterocycles. The molecule has 28 heavy (non-hydrogen) atoms. The number of nitrogens with zero attached hydrogens (tertiary/aromatic N) is 2. The monoisotopic (exact) mass is 382 g/mol. The molecule has 6 heteroatoms. The molecule has 7 rings (SSSR count). The first kappa shape index (κ1) is 16.8. The van der Waals surface area contributed by atoms with Crippen LogP contribution in [0.5, 0.6) is 0 Å². The molecule has 3 spiro atoms. The van der Waals surface area contributed by atoms with Gasteiger partial charge in [0.05, 0.1) is 24.3 Å². The van der Waals surface area contributed by atoms with Gasteiger partial charge < -0.3 is 9.84 Å². The number of aliphatic carboxylic acids is 1. The number of carboxylic acids is 1. The van der Waals surface area contributed by atoms with E-state index < -0.39 is 23.5 Å². The van der Waals surface area contributed by atoms with E-state index in [4.69, 9.17) is 4.74 Å². The number of methoxy groups -OCH3 is 1. The summed E-state index contributed by atoms with van der Waals surface area (Å²) in [6.45, 7) is 2.08. The van der Waals surface area contributed by atoms with Crippen LogP contribution in [0.3, 0.4) is 0 Å². The maximum atomic E-state index is 13.1. The Balaban J connectivity index is 1.70. The molecule has 0 aromatic heterocycles. The second-order valence-electron chi connectivity index (χ2n) is 9.47. The van der Waals surface area contributed by atoms with E-state index in [0.29, 0.717) is 12.5 Å². The van der Waals surface area contributed by atoms with Crippen LogP contribution in [0.2, 0.25) is 0 Å². The van der Waals surface area contributed by atoms with E-state index in [2.05, 4.69) is 11.0 Å². The second kappa shape index (κ2) is 5.09.